The maximum absolute atomic E-state index is 13.3. The van der Waals surface area contributed by atoms with Gasteiger partial charge in [-0.05, 0) is 0 Å². The molecule has 0 spiro atoms. The first-order chi connectivity index (χ1) is 39.4. The first-order valence-corrected chi connectivity index (χ1v) is 29.7. The number of aliphatic hydroxyl groups excluding tert-OH is 16. The van der Waals surface area contributed by atoms with Crippen molar-refractivity contribution in [2.75, 3.05) is 39.6 Å². The molecule has 0 aromatic rings. The van der Waals surface area contributed by atoms with Gasteiger partial charge in [-0.15, -0.1) is 0 Å². The zero-order chi connectivity index (χ0) is 63.7. The van der Waals surface area contributed by atoms with Crippen LogP contribution in [0.3, 0.4) is 0 Å². The van der Waals surface area contributed by atoms with Crippen molar-refractivity contribution < 1.29 is 200 Å². The largest absolute Gasteiger partial charge is 0.477 e. The highest BCUT2D eigenvalue weighted by Crippen LogP contribution is 2.48. The average Bonchev–Trinajstić information content (AvgIpc) is 1.13. The molecule has 0 amide bonds. The third-order valence-corrected chi connectivity index (χ3v) is 15.8. The molecule has 46 heteroatoms. The van der Waals surface area contributed by atoms with E-state index in [1.165, 1.54) is 0 Å². The lowest BCUT2D eigenvalue weighted by Crippen LogP contribution is -2.69. The number of nitrogens with two attached hydrogens (primary N) is 2. The first kappa shape index (κ1) is 72.7. The van der Waals surface area contributed by atoms with Gasteiger partial charge < -0.3 is 180 Å². The molecular formula is C39H71N2O41P3. The Kier molecular flexibility index (Phi) is 25.2. The van der Waals surface area contributed by atoms with Crippen LogP contribution in [0.15, 0.2) is 0 Å². The van der Waals surface area contributed by atoms with Crippen LogP contribution in [0.25, 0.3) is 0 Å². The molecule has 6 unspecified atom stereocenters. The van der Waals surface area contributed by atoms with Crippen LogP contribution in [-0.2, 0) is 84.2 Å². The summed E-state index contributed by atoms with van der Waals surface area (Å²) < 4.78 is 112. The lowest BCUT2D eigenvalue weighted by molar-refractivity contribution is -0.388. The smallest absolute Gasteiger partial charge is 0.470 e. The van der Waals surface area contributed by atoms with Gasteiger partial charge in [-0.3, -0.25) is 13.6 Å². The number of carboxylic acids is 1. The number of phosphoric acid groups is 3. The standard InChI is InChI=1S/C39H71N2O41P3/c40-15-20(49)18(47)12(72-33(15)57)5-69-34-16(41)21(50)29(82-85(66,67)68)14(75-34)7-71-39(38(58)59)1-9(80-83(60,61)62)30(28(79-39)8(45)2-42)76-37-27(56)24(53)32(31(77-37)11(4-44)81-84(63,64)65)78-36-26(55)23(52)19(48)13(74-36)6-70-35-25(54)22(51)17(46)10(3-43)73-35/h8-37,42-57H,1-7,40-41H2,(H,58,59)(H2,60,61,62)(H2,63,64,65)(H2,66,67,68)/t8-,9-,10-,11?,12-,13-,14-,15-,16-,17+,18-,19+,20-,21-,22+,23+,24?,25-,26-,27?,28-,29-,30-,31?,32?,33+,34-,35+,36+,37?,39-/m1/s1. The number of aliphatic hydroxyl groups is 16. The van der Waals surface area contributed by atoms with E-state index in [1.807, 2.05) is 0 Å². The van der Waals surface area contributed by atoms with Crippen molar-refractivity contribution in [2.45, 2.75) is 196 Å². The lowest BCUT2D eigenvalue weighted by atomic mass is 9.91. The van der Waals surface area contributed by atoms with E-state index in [0.29, 0.717) is 0 Å². The molecule has 6 saturated heterocycles. The number of hydrogen-bond acceptors (Lipinski definition) is 36. The Morgan fingerprint density at radius 3 is 1.58 bits per heavy atom. The molecule has 0 bridgehead atoms. The minimum absolute atomic E-state index is 0.860. The summed E-state index contributed by atoms with van der Waals surface area (Å²) in [6.07, 6.45) is -63.6. The average molecular weight is 1320 g/mol. The summed E-state index contributed by atoms with van der Waals surface area (Å²) in [7, 11) is -17.5. The minimum atomic E-state index is -6.01. The topological polar surface area (TPSA) is 715 Å². The van der Waals surface area contributed by atoms with Gasteiger partial charge >= 0.3 is 29.4 Å². The van der Waals surface area contributed by atoms with E-state index in [1.54, 1.807) is 0 Å². The Morgan fingerprint density at radius 2 is 1.02 bits per heavy atom. The van der Waals surface area contributed by atoms with Crippen LogP contribution in [0, 0.1) is 0 Å². The molecule has 85 heavy (non-hydrogen) atoms. The van der Waals surface area contributed by atoms with Gasteiger partial charge in [-0.1, -0.05) is 0 Å². The van der Waals surface area contributed by atoms with Crippen molar-refractivity contribution in [1.29, 1.82) is 0 Å². The molecule has 0 aromatic carbocycles. The van der Waals surface area contributed by atoms with Gasteiger partial charge in [-0.2, -0.15) is 0 Å². The molecule has 31 atom stereocenters. The predicted molar refractivity (Wildman–Crippen MR) is 253 cm³/mol. The molecule has 0 aliphatic carbocycles. The Morgan fingerprint density at radius 1 is 0.518 bits per heavy atom. The van der Waals surface area contributed by atoms with Crippen molar-refractivity contribution in [3.63, 3.8) is 0 Å². The van der Waals surface area contributed by atoms with E-state index < -0.39 is 265 Å². The molecule has 6 aliphatic heterocycles. The summed E-state index contributed by atoms with van der Waals surface area (Å²) in [6, 6.07) is -3.38. The molecule has 6 rings (SSSR count). The van der Waals surface area contributed by atoms with Crippen LogP contribution >= 0.6 is 23.5 Å². The van der Waals surface area contributed by atoms with Gasteiger partial charge in [0.05, 0.1) is 51.7 Å². The monoisotopic (exact) mass is 1320 g/mol. The molecule has 0 radical (unpaired) electrons. The molecule has 6 heterocycles. The highest BCUT2D eigenvalue weighted by Gasteiger charge is 2.61. The molecule has 27 N–H and O–H groups in total. The fraction of sp³-hybridized carbons (Fsp3) is 0.974. The van der Waals surface area contributed by atoms with Gasteiger partial charge in [0.25, 0.3) is 5.79 Å². The van der Waals surface area contributed by atoms with Crippen molar-refractivity contribution in [1.82, 2.24) is 0 Å². The summed E-state index contributed by atoms with van der Waals surface area (Å²) >= 11 is 0. The molecule has 6 aliphatic rings. The van der Waals surface area contributed by atoms with Gasteiger partial charge in [0.1, 0.15) is 140 Å². The van der Waals surface area contributed by atoms with Gasteiger partial charge in [-0.25, -0.2) is 18.5 Å². The minimum Gasteiger partial charge on any atom is -0.477 e. The highest BCUT2D eigenvalue weighted by atomic mass is 31.2. The summed E-state index contributed by atoms with van der Waals surface area (Å²) in [5.41, 5.74) is 11.6. The fourth-order valence-corrected chi connectivity index (χ4v) is 11.4. The zero-order valence-electron chi connectivity index (χ0n) is 43.4. The number of ether oxygens (including phenoxy) is 11. The second-order valence-corrected chi connectivity index (χ2v) is 23.8. The highest BCUT2D eigenvalue weighted by molar-refractivity contribution is 7.46. The SMILES string of the molecule is N[C@@H]1[C@@H](O)[C@H](O)[C@@H](CO[C@@H]2O[C@H](CO[C@]3(C(=O)O)C[C@@H](OP(=O)(O)O)[C@@H](OC4OC(C(CO)OP(=O)(O)O)C(O[C@@H]5O[C@H](CO[C@H]6O[C@H](CO)[C@H](O)[C@H](O)[C@H]6O)[C@H](O)[C@H](O)[C@H]5O)C(O)C4O)[C@@H]([C@H](O)CO)O3)[C@@H](OP(=O)(O)O)[C@H](O)[C@H]2N)O[C@@H]1O. The summed E-state index contributed by atoms with van der Waals surface area (Å²) in [5, 5.41) is 180. The summed E-state index contributed by atoms with van der Waals surface area (Å²) in [4.78, 5) is 72.6. The van der Waals surface area contributed by atoms with E-state index in [4.69, 9.17) is 68.1 Å². The Balaban J connectivity index is 1.28. The number of rotatable bonds is 25. The Bertz CT molecular complexity index is 2290. The van der Waals surface area contributed by atoms with Crippen LogP contribution in [0.2, 0.25) is 0 Å². The van der Waals surface area contributed by atoms with Crippen LogP contribution in [0.4, 0.5) is 0 Å². The van der Waals surface area contributed by atoms with Crippen molar-refractivity contribution >= 4 is 29.4 Å². The summed E-state index contributed by atoms with van der Waals surface area (Å²) in [5.74, 6) is -5.82. The molecule has 0 aromatic heterocycles. The Labute approximate surface area is 476 Å². The number of carbonyl (C=O) groups is 1. The van der Waals surface area contributed by atoms with Crippen molar-refractivity contribution in [3.05, 3.63) is 0 Å². The zero-order valence-corrected chi connectivity index (χ0v) is 46.1. The first-order valence-electron chi connectivity index (χ1n) is 25.1. The lowest BCUT2D eigenvalue weighted by Gasteiger charge is -2.51. The Hall–Kier alpha value is -1.36. The summed E-state index contributed by atoms with van der Waals surface area (Å²) in [6.45, 7) is -7.22. The van der Waals surface area contributed by atoms with Gasteiger partial charge in [0.15, 0.2) is 31.5 Å². The quantitative estimate of drug-likeness (QED) is 0.0377. The second-order valence-electron chi connectivity index (χ2n) is 20.2. The third-order valence-electron chi connectivity index (χ3n) is 14.2. The molecule has 0 saturated carbocycles. The van der Waals surface area contributed by atoms with Crippen LogP contribution in [-0.4, -0.2) is 351 Å². The normalized spacial score (nSPS) is 45.9. The van der Waals surface area contributed by atoms with Gasteiger partial charge in [0, 0.05) is 6.42 Å². The maximum Gasteiger partial charge on any atom is 0.470 e. The van der Waals surface area contributed by atoms with Gasteiger partial charge in [0.2, 0.25) is 0 Å². The predicted octanol–water partition coefficient (Wildman–Crippen LogP) is -14.6. The second kappa shape index (κ2) is 29.5. The van der Waals surface area contributed by atoms with Crippen LogP contribution in [0.5, 0.6) is 0 Å². The molecular weight excluding hydrogens is 1250 g/mol. The molecule has 6 fully saturated rings. The maximum atomic E-state index is 13.3. The van der Waals surface area contributed by atoms with E-state index in [2.05, 4.69) is 9.05 Å². The van der Waals surface area contributed by atoms with Crippen LogP contribution < -0.4 is 11.5 Å². The van der Waals surface area contributed by atoms with E-state index in [0.717, 1.165) is 0 Å². The van der Waals surface area contributed by atoms with E-state index >= 15 is 0 Å². The van der Waals surface area contributed by atoms with Crippen molar-refractivity contribution in [2.24, 2.45) is 11.5 Å². The third kappa shape index (κ3) is 17.4. The molecule has 43 nitrogen and oxygen atoms in total. The number of carboxylic acid groups (broad SMARTS) is 1. The van der Waals surface area contributed by atoms with E-state index in [9.17, 15) is 135 Å². The van der Waals surface area contributed by atoms with Crippen molar-refractivity contribution in [3.8, 4) is 0 Å². The fourth-order valence-electron chi connectivity index (χ4n) is 9.76. The number of hydrogen-bond donors (Lipinski definition) is 25. The molecule has 498 valence electrons. The number of aliphatic carboxylic acids is 1. The number of phosphoric ester groups is 3. The van der Waals surface area contributed by atoms with Crippen LogP contribution in [0.1, 0.15) is 6.42 Å². The van der Waals surface area contributed by atoms with E-state index in [-0.39, 0.29) is 0 Å².